The number of thiophene rings is 1. The van der Waals surface area contributed by atoms with E-state index in [-0.39, 0.29) is 12.1 Å². The van der Waals surface area contributed by atoms with Crippen LogP contribution in [0.2, 0.25) is 0 Å². The summed E-state index contributed by atoms with van der Waals surface area (Å²) >= 11 is 5.28. The molecule has 1 aromatic carbocycles. The lowest BCUT2D eigenvalue weighted by Gasteiger charge is -2.21. The molecule has 3 rings (SSSR count). The molecule has 2 heterocycles. The van der Waals surface area contributed by atoms with Crippen molar-refractivity contribution in [1.29, 1.82) is 0 Å². The van der Waals surface area contributed by atoms with E-state index in [0.717, 1.165) is 9.55 Å². The van der Waals surface area contributed by atoms with Crippen LogP contribution in [-0.4, -0.2) is 0 Å². The van der Waals surface area contributed by atoms with E-state index >= 15 is 0 Å². The topological polar surface area (TPSA) is 25.2 Å². The molecule has 2 aromatic heterocycles. The van der Waals surface area contributed by atoms with Crippen LogP contribution >= 0.6 is 27.3 Å². The van der Waals surface area contributed by atoms with Crippen molar-refractivity contribution in [2.45, 2.75) is 19.0 Å². The number of rotatable bonds is 5. The second kappa shape index (κ2) is 6.60. The Balaban J connectivity index is 1.86. The number of furan rings is 1. The quantitative estimate of drug-likeness (QED) is 0.644. The van der Waals surface area contributed by atoms with Gasteiger partial charge >= 0.3 is 0 Å². The normalized spacial score (nSPS) is 14.0. The van der Waals surface area contributed by atoms with Gasteiger partial charge < -0.3 is 4.42 Å². The van der Waals surface area contributed by atoms with Crippen LogP contribution in [0.4, 0.5) is 0 Å². The first-order valence-electron chi connectivity index (χ1n) is 6.83. The van der Waals surface area contributed by atoms with E-state index in [4.69, 9.17) is 4.42 Å². The Labute approximate surface area is 136 Å². The van der Waals surface area contributed by atoms with Crippen LogP contribution in [0, 0.1) is 0 Å². The van der Waals surface area contributed by atoms with Crippen LogP contribution in [-0.2, 0) is 0 Å². The largest absolute Gasteiger partial charge is 0.467 e. The van der Waals surface area contributed by atoms with Gasteiger partial charge in [-0.25, -0.2) is 0 Å². The molecule has 0 saturated carbocycles. The average Bonchev–Trinajstić information content (AvgIpc) is 3.17. The second-order valence-corrected chi connectivity index (χ2v) is 7.38. The van der Waals surface area contributed by atoms with Gasteiger partial charge in [0.2, 0.25) is 0 Å². The van der Waals surface area contributed by atoms with Crippen LogP contribution in [0.1, 0.15) is 35.2 Å². The highest BCUT2D eigenvalue weighted by molar-refractivity contribution is 9.11. The van der Waals surface area contributed by atoms with Crippen molar-refractivity contribution in [3.05, 3.63) is 80.8 Å². The minimum atomic E-state index is 0.0528. The molecule has 0 spiro atoms. The molecule has 1 N–H and O–H groups in total. The number of halogens is 1. The molecule has 0 aliphatic rings. The maximum absolute atomic E-state index is 5.62. The van der Waals surface area contributed by atoms with Gasteiger partial charge in [0.05, 0.1) is 16.1 Å². The first-order chi connectivity index (χ1) is 10.2. The summed E-state index contributed by atoms with van der Waals surface area (Å²) in [5.41, 5.74) is 1.20. The van der Waals surface area contributed by atoms with Crippen molar-refractivity contribution < 1.29 is 4.42 Å². The highest BCUT2D eigenvalue weighted by atomic mass is 79.9. The number of hydrogen-bond acceptors (Lipinski definition) is 3. The zero-order valence-corrected chi connectivity index (χ0v) is 14.0. The van der Waals surface area contributed by atoms with Crippen LogP contribution < -0.4 is 5.32 Å². The molecule has 0 radical (unpaired) electrons. The average molecular weight is 362 g/mol. The van der Waals surface area contributed by atoms with E-state index in [9.17, 15) is 0 Å². The standard InChI is InChI=1S/C17H16BrNOS/c1-12(15-9-10-16(18)21-15)19-17(14-8-5-11-20-14)13-6-3-2-4-7-13/h2-12,17,19H,1H3. The molecule has 2 nitrogen and oxygen atoms in total. The molecule has 2 atom stereocenters. The van der Waals surface area contributed by atoms with Crippen LogP contribution in [0.15, 0.2) is 69.1 Å². The minimum absolute atomic E-state index is 0.0528. The summed E-state index contributed by atoms with van der Waals surface area (Å²) in [6.45, 7) is 2.18. The third kappa shape index (κ3) is 3.46. The summed E-state index contributed by atoms with van der Waals surface area (Å²) in [4.78, 5) is 1.30. The Morgan fingerprint density at radius 2 is 1.86 bits per heavy atom. The monoisotopic (exact) mass is 361 g/mol. The fourth-order valence-electron chi connectivity index (χ4n) is 2.34. The SMILES string of the molecule is CC(NC(c1ccccc1)c1ccco1)c1ccc(Br)s1. The molecule has 0 amide bonds. The Morgan fingerprint density at radius 1 is 1.05 bits per heavy atom. The number of hydrogen-bond donors (Lipinski definition) is 1. The van der Waals surface area contributed by atoms with Gasteiger partial charge in [0.25, 0.3) is 0 Å². The van der Waals surface area contributed by atoms with Gasteiger partial charge in [0.1, 0.15) is 5.76 Å². The Bertz CT molecular complexity index is 678. The van der Waals surface area contributed by atoms with Gasteiger partial charge in [-0.15, -0.1) is 11.3 Å². The molecule has 4 heteroatoms. The minimum Gasteiger partial charge on any atom is -0.467 e. The predicted molar refractivity (Wildman–Crippen MR) is 90.6 cm³/mol. The number of nitrogens with one attached hydrogen (secondary N) is 1. The molecule has 0 bridgehead atoms. The van der Waals surface area contributed by atoms with Gasteiger partial charge in [-0.3, -0.25) is 5.32 Å². The number of benzene rings is 1. The van der Waals surface area contributed by atoms with Crippen molar-refractivity contribution in [2.24, 2.45) is 0 Å². The molecule has 0 aliphatic heterocycles. The maximum Gasteiger partial charge on any atom is 0.125 e. The third-order valence-electron chi connectivity index (χ3n) is 3.40. The fourth-order valence-corrected chi connectivity index (χ4v) is 3.77. The molecule has 0 aliphatic carbocycles. The van der Waals surface area contributed by atoms with Crippen LogP contribution in [0.25, 0.3) is 0 Å². The van der Waals surface area contributed by atoms with Crippen molar-refractivity contribution in [3.8, 4) is 0 Å². The summed E-state index contributed by atoms with van der Waals surface area (Å²) in [6, 6.07) is 18.9. The van der Waals surface area contributed by atoms with Gasteiger partial charge in [0.15, 0.2) is 0 Å². The van der Waals surface area contributed by atoms with Gasteiger partial charge in [0, 0.05) is 10.9 Å². The van der Waals surface area contributed by atoms with E-state index < -0.39 is 0 Å². The van der Waals surface area contributed by atoms with E-state index in [1.807, 2.05) is 18.2 Å². The maximum atomic E-state index is 5.62. The Kier molecular flexibility index (Phi) is 4.58. The Morgan fingerprint density at radius 3 is 2.48 bits per heavy atom. The summed E-state index contributed by atoms with van der Waals surface area (Å²) in [5, 5.41) is 3.66. The van der Waals surface area contributed by atoms with E-state index in [0.29, 0.717) is 0 Å². The third-order valence-corrected chi connectivity index (χ3v) is 5.20. The van der Waals surface area contributed by atoms with Crippen LogP contribution in [0.3, 0.4) is 0 Å². The van der Waals surface area contributed by atoms with Crippen LogP contribution in [0.5, 0.6) is 0 Å². The molecule has 0 fully saturated rings. The molecule has 0 saturated heterocycles. The lowest BCUT2D eigenvalue weighted by molar-refractivity contribution is 0.421. The van der Waals surface area contributed by atoms with Gasteiger partial charge in [-0.2, -0.15) is 0 Å². The fraction of sp³-hybridized carbons (Fsp3) is 0.176. The smallest absolute Gasteiger partial charge is 0.125 e. The van der Waals surface area contributed by atoms with Crippen molar-refractivity contribution >= 4 is 27.3 Å². The lowest BCUT2D eigenvalue weighted by atomic mass is 10.0. The van der Waals surface area contributed by atoms with Crippen molar-refractivity contribution in [1.82, 2.24) is 5.32 Å². The van der Waals surface area contributed by atoms with Gasteiger partial charge in [-0.1, -0.05) is 30.3 Å². The van der Waals surface area contributed by atoms with E-state index in [2.05, 4.69) is 64.6 Å². The highest BCUT2D eigenvalue weighted by Gasteiger charge is 2.20. The van der Waals surface area contributed by atoms with Crippen molar-refractivity contribution in [2.75, 3.05) is 0 Å². The molecule has 21 heavy (non-hydrogen) atoms. The zero-order chi connectivity index (χ0) is 14.7. The van der Waals surface area contributed by atoms with Crippen molar-refractivity contribution in [3.63, 3.8) is 0 Å². The predicted octanol–water partition coefficient (Wildman–Crippen LogP) is 5.54. The van der Waals surface area contributed by atoms with E-state index in [1.165, 1.54) is 10.4 Å². The summed E-state index contributed by atoms with van der Waals surface area (Å²) in [7, 11) is 0. The lowest BCUT2D eigenvalue weighted by Crippen LogP contribution is -2.24. The zero-order valence-electron chi connectivity index (χ0n) is 11.6. The molecular formula is C17H16BrNOS. The molecule has 3 aromatic rings. The summed E-state index contributed by atoms with van der Waals surface area (Å²) < 4.78 is 6.78. The molecular weight excluding hydrogens is 346 g/mol. The highest BCUT2D eigenvalue weighted by Crippen LogP contribution is 2.31. The second-order valence-electron chi connectivity index (χ2n) is 4.89. The molecule has 2 unspecified atom stereocenters. The van der Waals surface area contributed by atoms with E-state index in [1.54, 1.807) is 17.6 Å². The van der Waals surface area contributed by atoms with Gasteiger partial charge in [-0.05, 0) is 52.7 Å². The molecule has 108 valence electrons. The first-order valence-corrected chi connectivity index (χ1v) is 8.44. The first kappa shape index (κ1) is 14.6. The summed E-state index contributed by atoms with van der Waals surface area (Å²) in [6.07, 6.45) is 1.72. The summed E-state index contributed by atoms with van der Waals surface area (Å²) in [5.74, 6) is 0.934. The Hall–Kier alpha value is -1.36.